The Labute approximate surface area is 267 Å². The van der Waals surface area contributed by atoms with Crippen LogP contribution in [0.5, 0.6) is 0 Å². The van der Waals surface area contributed by atoms with Gasteiger partial charge in [-0.3, -0.25) is 33.6 Å². The molecule has 0 aliphatic carbocycles. The number of aromatic nitrogens is 2. The summed E-state index contributed by atoms with van der Waals surface area (Å²) in [6, 6.07) is 10.0. The number of nitrogens with zero attached hydrogens (tertiary/aromatic N) is 2. The van der Waals surface area contributed by atoms with Gasteiger partial charge in [0.25, 0.3) is 17.4 Å². The van der Waals surface area contributed by atoms with Crippen LogP contribution in [0.1, 0.15) is 31.1 Å². The molecule has 5 atom stereocenters. The van der Waals surface area contributed by atoms with Gasteiger partial charge in [0.1, 0.15) is 31.6 Å². The minimum atomic E-state index is -3.82. The summed E-state index contributed by atoms with van der Waals surface area (Å²) in [6.07, 6.45) is -0.289. The maximum absolute atomic E-state index is 12.7. The van der Waals surface area contributed by atoms with Crippen molar-refractivity contribution in [1.29, 1.82) is 0 Å². The first kappa shape index (κ1) is 34.9. The van der Waals surface area contributed by atoms with Crippen LogP contribution in [-0.4, -0.2) is 82.2 Å². The van der Waals surface area contributed by atoms with Crippen molar-refractivity contribution < 1.29 is 47.3 Å². The summed E-state index contributed by atoms with van der Waals surface area (Å²) in [5.41, 5.74) is -0.682. The molecular weight excluding hydrogens is 647 g/mol. The van der Waals surface area contributed by atoms with E-state index in [4.69, 9.17) is 35.1 Å². The molecular formula is C28H33N4O12PS. The number of hydrogen-bond donors (Lipinski definition) is 3. The maximum Gasteiger partial charge on any atom is 0.508 e. The Hall–Kier alpha value is -3.99. The van der Waals surface area contributed by atoms with E-state index in [2.05, 4.69) is 10.3 Å². The van der Waals surface area contributed by atoms with Gasteiger partial charge in [0.2, 0.25) is 5.91 Å². The number of aromatic amines is 1. The second-order valence-electron chi connectivity index (χ2n) is 10.2. The predicted molar refractivity (Wildman–Crippen MR) is 162 cm³/mol. The second kappa shape index (κ2) is 16.0. The fourth-order valence-corrected chi connectivity index (χ4v) is 5.89. The van der Waals surface area contributed by atoms with Gasteiger partial charge < -0.3 is 33.5 Å². The Morgan fingerprint density at radius 3 is 2.48 bits per heavy atom. The van der Waals surface area contributed by atoms with Crippen LogP contribution in [0.25, 0.3) is 0 Å². The molecule has 2 aliphatic rings. The fourth-order valence-electron chi connectivity index (χ4n) is 4.91. The van der Waals surface area contributed by atoms with E-state index in [1.807, 2.05) is 6.07 Å². The van der Waals surface area contributed by atoms with Gasteiger partial charge >= 0.3 is 18.6 Å². The van der Waals surface area contributed by atoms with Gasteiger partial charge in [-0.05, 0) is 30.2 Å². The summed E-state index contributed by atoms with van der Waals surface area (Å²) >= 11 is 5.08. The molecule has 3 heterocycles. The lowest BCUT2D eigenvalue weighted by molar-refractivity contribution is -0.137. The van der Waals surface area contributed by atoms with Crippen molar-refractivity contribution in [3.8, 4) is 0 Å². The number of imide groups is 1. The first-order chi connectivity index (χ1) is 22.0. The number of carbonyl (C=O) groups is 4. The number of amides is 3. The normalized spacial score (nSPS) is 22.1. The van der Waals surface area contributed by atoms with Crippen LogP contribution in [0.15, 0.2) is 64.3 Å². The van der Waals surface area contributed by atoms with Crippen molar-refractivity contribution in [1.82, 2.24) is 19.8 Å². The van der Waals surface area contributed by atoms with Crippen molar-refractivity contribution in [2.45, 2.75) is 44.3 Å². The van der Waals surface area contributed by atoms with E-state index in [0.29, 0.717) is 6.42 Å². The van der Waals surface area contributed by atoms with Gasteiger partial charge in [0, 0.05) is 57.0 Å². The van der Waals surface area contributed by atoms with Crippen LogP contribution in [0.3, 0.4) is 0 Å². The van der Waals surface area contributed by atoms with E-state index in [1.54, 1.807) is 24.3 Å². The molecule has 0 saturated carbocycles. The topological polar surface area (TPSA) is 205 Å². The third-order valence-electron chi connectivity index (χ3n) is 7.14. The van der Waals surface area contributed by atoms with E-state index in [9.17, 15) is 33.7 Å². The fraction of sp³-hybridized carbons (Fsp3) is 0.429. The first-order valence-corrected chi connectivity index (χ1v) is 16.7. The summed E-state index contributed by atoms with van der Waals surface area (Å²) < 4.78 is 28.4. The zero-order valence-corrected chi connectivity index (χ0v) is 26.4. The molecule has 1 aromatic carbocycles. The van der Waals surface area contributed by atoms with Crippen LogP contribution in [0.2, 0.25) is 0 Å². The number of ether oxygens (including phenoxy) is 3. The number of nitrogens with one attached hydrogen (secondary N) is 2. The van der Waals surface area contributed by atoms with Crippen molar-refractivity contribution in [3.05, 3.63) is 81.1 Å². The van der Waals surface area contributed by atoms with Gasteiger partial charge in [-0.2, -0.15) is 0 Å². The molecule has 1 saturated heterocycles. The van der Waals surface area contributed by atoms with Crippen molar-refractivity contribution in [3.63, 3.8) is 0 Å². The molecule has 2 aromatic rings. The Kier molecular flexibility index (Phi) is 12.1. The van der Waals surface area contributed by atoms with Crippen molar-refractivity contribution in [2.24, 2.45) is 5.92 Å². The maximum atomic E-state index is 12.7. The molecule has 1 aromatic heterocycles. The van der Waals surface area contributed by atoms with E-state index in [-0.39, 0.29) is 32.5 Å². The summed E-state index contributed by atoms with van der Waals surface area (Å²) in [6.45, 7) is -4.20. The molecule has 0 spiro atoms. The summed E-state index contributed by atoms with van der Waals surface area (Å²) in [4.78, 5) is 86.3. The lowest BCUT2D eigenvalue weighted by Gasteiger charge is -2.27. The van der Waals surface area contributed by atoms with E-state index in [1.165, 1.54) is 6.20 Å². The van der Waals surface area contributed by atoms with Crippen LogP contribution in [-0.2, 0) is 56.1 Å². The van der Waals surface area contributed by atoms with E-state index in [0.717, 1.165) is 40.4 Å². The van der Waals surface area contributed by atoms with Gasteiger partial charge in [-0.25, -0.2) is 9.59 Å². The minimum Gasteiger partial charge on any atom is -0.431 e. The molecule has 16 nitrogen and oxygen atoms in total. The Morgan fingerprint density at radius 2 is 1.80 bits per heavy atom. The largest absolute Gasteiger partial charge is 0.508 e. The standard InChI is InChI=1S/C28H33N4O12PS/c1-40-45(39,46)44-25-19(8-5-13-29-21(33)11-14-31-23(35)9-10-24(31)36)26(32-15-12-22(34)30-27(32)37)43-20(25)17-42-28(38)41-16-18-6-3-2-4-7-18/h2-4,6-7,9-10,12,15,19-20,25-26H,5,8,11,13-14,16-17H2,1H3,(H,29,33)(H,39,46)(H,30,34,37)/t19?,20-,25-,26-,45?/m1/s1. The third-order valence-corrected chi connectivity index (χ3v) is 8.82. The van der Waals surface area contributed by atoms with Crippen LogP contribution in [0, 0.1) is 5.92 Å². The molecule has 3 amide bonds. The molecule has 0 bridgehead atoms. The molecule has 18 heteroatoms. The van der Waals surface area contributed by atoms with Crippen LogP contribution < -0.4 is 16.6 Å². The molecule has 0 radical (unpaired) electrons. The minimum absolute atomic E-state index is 0.0441. The second-order valence-corrected chi connectivity index (χ2v) is 13.1. The number of H-pyrrole nitrogens is 1. The van der Waals surface area contributed by atoms with Crippen LogP contribution >= 0.6 is 6.72 Å². The van der Waals surface area contributed by atoms with Gasteiger partial charge in [-0.1, -0.05) is 30.3 Å². The highest BCUT2D eigenvalue weighted by Gasteiger charge is 2.49. The highest BCUT2D eigenvalue weighted by atomic mass is 32.5. The SMILES string of the molecule is COP(O)(=S)O[C@@H]1C(CCCNC(=O)CCN2C(=O)C=CC2=O)[C@H](n2ccc(=O)[nH]c2=O)O[C@@H]1COC(=O)OCc1ccccc1. The van der Waals surface area contributed by atoms with Gasteiger partial charge in [0.15, 0.2) is 0 Å². The van der Waals surface area contributed by atoms with Crippen molar-refractivity contribution in [2.75, 3.05) is 26.8 Å². The summed E-state index contributed by atoms with van der Waals surface area (Å²) in [5, 5.41) is 2.71. The van der Waals surface area contributed by atoms with Crippen molar-refractivity contribution >= 4 is 42.4 Å². The average molecular weight is 681 g/mol. The van der Waals surface area contributed by atoms with E-state index >= 15 is 0 Å². The highest BCUT2D eigenvalue weighted by molar-refractivity contribution is 8.07. The Balaban J connectivity index is 1.44. The number of rotatable bonds is 15. The Bertz CT molecular complexity index is 1600. The summed E-state index contributed by atoms with van der Waals surface area (Å²) in [5.74, 6) is -2.11. The number of hydrogen-bond acceptors (Lipinski definition) is 12. The summed E-state index contributed by atoms with van der Waals surface area (Å²) in [7, 11) is 1.16. The highest BCUT2D eigenvalue weighted by Crippen LogP contribution is 2.50. The molecule has 248 valence electrons. The zero-order chi connectivity index (χ0) is 33.3. The molecule has 2 unspecified atom stereocenters. The number of carbonyl (C=O) groups excluding carboxylic acids is 4. The quantitative estimate of drug-likeness (QED) is 0.104. The van der Waals surface area contributed by atoms with Crippen LogP contribution in [0.4, 0.5) is 4.79 Å². The third kappa shape index (κ3) is 9.51. The Morgan fingerprint density at radius 1 is 1.09 bits per heavy atom. The average Bonchev–Trinajstić information content (AvgIpc) is 3.53. The molecule has 46 heavy (non-hydrogen) atoms. The molecule has 3 N–H and O–H groups in total. The van der Waals surface area contributed by atoms with Gasteiger partial charge in [-0.15, -0.1) is 0 Å². The zero-order valence-electron chi connectivity index (χ0n) is 24.6. The van der Waals surface area contributed by atoms with E-state index < -0.39 is 72.8 Å². The monoisotopic (exact) mass is 680 g/mol. The molecule has 1 fully saturated rings. The molecule has 2 aliphatic heterocycles. The smallest absolute Gasteiger partial charge is 0.431 e. The van der Waals surface area contributed by atoms with Gasteiger partial charge in [0.05, 0.1) is 0 Å². The lowest BCUT2D eigenvalue weighted by Crippen LogP contribution is -2.37. The molecule has 4 rings (SSSR count). The number of benzene rings is 1. The predicted octanol–water partition coefficient (Wildman–Crippen LogP) is 0.864. The lowest BCUT2D eigenvalue weighted by atomic mass is 9.94. The first-order valence-electron chi connectivity index (χ1n) is 14.1.